The molecule has 64 valence electrons. The fraction of sp³-hybridized carbons (Fsp3) is 0.400. The molecule has 0 saturated carbocycles. The predicted molar refractivity (Wildman–Crippen MR) is 46.4 cm³/mol. The number of hydrogen-bond acceptors (Lipinski definition) is 2. The molecule has 1 aromatic rings. The zero-order valence-electron chi connectivity index (χ0n) is 7.12. The van der Waals surface area contributed by atoms with Gasteiger partial charge in [-0.2, -0.15) is 0 Å². The first-order valence-corrected chi connectivity index (χ1v) is 4.16. The molecule has 1 atom stereocenters. The van der Waals surface area contributed by atoms with Gasteiger partial charge in [-0.1, -0.05) is 18.2 Å². The maximum Gasteiger partial charge on any atom is 0.122 e. The molecule has 0 amide bonds. The van der Waals surface area contributed by atoms with Crippen LogP contribution in [-0.2, 0) is 4.74 Å². The summed E-state index contributed by atoms with van der Waals surface area (Å²) in [4.78, 5) is 0. The Bertz CT molecular complexity index is 266. The van der Waals surface area contributed by atoms with Crippen LogP contribution in [0.15, 0.2) is 24.3 Å². The molecular formula is C10H12O2. The van der Waals surface area contributed by atoms with E-state index in [1.807, 2.05) is 31.2 Å². The lowest BCUT2D eigenvalue weighted by molar-refractivity contribution is 0.262. The first kappa shape index (κ1) is 7.62. The van der Waals surface area contributed by atoms with Gasteiger partial charge in [0.15, 0.2) is 0 Å². The Kier molecular flexibility index (Phi) is 2.00. The van der Waals surface area contributed by atoms with E-state index in [-0.39, 0.29) is 0 Å². The third-order valence-corrected chi connectivity index (χ3v) is 1.92. The van der Waals surface area contributed by atoms with Crippen LogP contribution >= 0.6 is 0 Å². The van der Waals surface area contributed by atoms with Crippen molar-refractivity contribution in [2.45, 2.75) is 13.0 Å². The smallest absolute Gasteiger partial charge is 0.122 e. The summed E-state index contributed by atoms with van der Waals surface area (Å²) >= 11 is 0. The van der Waals surface area contributed by atoms with Crippen molar-refractivity contribution in [1.82, 2.24) is 0 Å². The van der Waals surface area contributed by atoms with Crippen LogP contribution in [0.3, 0.4) is 0 Å². The molecule has 1 aromatic carbocycles. The maximum atomic E-state index is 5.54. The minimum absolute atomic E-state index is 0.338. The van der Waals surface area contributed by atoms with Gasteiger partial charge in [0.25, 0.3) is 0 Å². The SMILES string of the molecule is Cc1ccccc1O[14CH2][14CH]1[14CH2]O1. The van der Waals surface area contributed by atoms with E-state index in [2.05, 4.69) is 0 Å². The molecule has 0 aromatic heterocycles. The van der Waals surface area contributed by atoms with Crippen molar-refractivity contribution in [3.05, 3.63) is 29.8 Å². The van der Waals surface area contributed by atoms with Crippen LogP contribution in [0.25, 0.3) is 0 Å². The molecule has 1 unspecified atom stereocenters. The van der Waals surface area contributed by atoms with Gasteiger partial charge >= 0.3 is 0 Å². The molecule has 0 aliphatic carbocycles. The Balaban J connectivity index is 1.96. The molecule has 0 radical (unpaired) electrons. The number of aryl methyl sites for hydroxylation is 1. The van der Waals surface area contributed by atoms with Crippen molar-refractivity contribution in [2.75, 3.05) is 13.2 Å². The summed E-state index contributed by atoms with van der Waals surface area (Å²) in [7, 11) is 0. The molecule has 1 aliphatic rings. The molecule has 2 nitrogen and oxygen atoms in total. The highest BCUT2D eigenvalue weighted by Crippen LogP contribution is 2.18. The molecular weight excluding hydrogens is 158 g/mol. The lowest BCUT2D eigenvalue weighted by atomic mass is 10.2. The lowest BCUT2D eigenvalue weighted by Gasteiger charge is -2.06. The average molecular weight is 170 g/mol. The number of para-hydroxylation sites is 1. The molecule has 0 N–H and O–H groups in total. The second-order valence-electron chi connectivity index (χ2n) is 3.03. The predicted octanol–water partition coefficient (Wildman–Crippen LogP) is 1.77. The normalized spacial score (nSPS) is 20.6. The standard InChI is InChI=1S/C10H12O2/c1-8-4-2-3-5-10(8)12-7-9-6-11-9/h2-5,9H,6-7H2,1H3/i6+2,7+2,9+2. The number of ether oxygens (including phenoxy) is 2. The second-order valence-corrected chi connectivity index (χ2v) is 3.03. The minimum atomic E-state index is 0.338. The van der Waals surface area contributed by atoms with Crippen molar-refractivity contribution in [2.24, 2.45) is 0 Å². The molecule has 1 heterocycles. The first-order valence-electron chi connectivity index (χ1n) is 4.16. The zero-order valence-corrected chi connectivity index (χ0v) is 7.12. The molecule has 0 bridgehead atoms. The van der Waals surface area contributed by atoms with Crippen LogP contribution in [0.2, 0.25) is 0 Å². The Hall–Kier alpha value is -1.02. The van der Waals surface area contributed by atoms with Gasteiger partial charge in [-0.3, -0.25) is 0 Å². The van der Waals surface area contributed by atoms with Gasteiger partial charge in [-0.25, -0.2) is 0 Å². The first-order chi connectivity index (χ1) is 5.86. The number of epoxide rings is 1. The highest BCUT2D eigenvalue weighted by atomic mass is 17.1. The largest absolute Gasteiger partial charge is 0.491 e. The average Bonchev–Trinajstić information content (AvgIpc) is 2.86. The highest BCUT2D eigenvalue weighted by molar-refractivity contribution is 5.31. The molecule has 0 spiro atoms. The fourth-order valence-electron chi connectivity index (χ4n) is 1.07. The van der Waals surface area contributed by atoms with E-state index in [9.17, 15) is 0 Å². The van der Waals surface area contributed by atoms with Crippen molar-refractivity contribution < 1.29 is 9.47 Å². The van der Waals surface area contributed by atoms with Crippen LogP contribution in [0.1, 0.15) is 5.56 Å². The van der Waals surface area contributed by atoms with Crippen LogP contribution in [0.4, 0.5) is 0 Å². The van der Waals surface area contributed by atoms with E-state index in [0.717, 1.165) is 12.4 Å². The van der Waals surface area contributed by atoms with Crippen LogP contribution in [-0.4, -0.2) is 19.3 Å². The lowest BCUT2D eigenvalue weighted by Crippen LogP contribution is -2.04. The van der Waals surface area contributed by atoms with Crippen molar-refractivity contribution in [3.8, 4) is 5.75 Å². The summed E-state index contributed by atoms with van der Waals surface area (Å²) in [6.07, 6.45) is 0.338. The van der Waals surface area contributed by atoms with Crippen LogP contribution < -0.4 is 4.74 Å². The zero-order chi connectivity index (χ0) is 8.39. The number of rotatable bonds is 3. The van der Waals surface area contributed by atoms with Gasteiger partial charge in [-0.15, -0.1) is 0 Å². The summed E-state index contributed by atoms with van der Waals surface area (Å²) in [5.41, 5.74) is 1.18. The molecule has 1 fully saturated rings. The summed E-state index contributed by atoms with van der Waals surface area (Å²) in [6, 6.07) is 8.02. The Morgan fingerprint density at radius 2 is 2.25 bits per heavy atom. The second kappa shape index (κ2) is 3.15. The van der Waals surface area contributed by atoms with Gasteiger partial charge in [0.1, 0.15) is 18.5 Å². The van der Waals surface area contributed by atoms with Crippen molar-refractivity contribution >= 4 is 0 Å². The highest BCUT2D eigenvalue weighted by Gasteiger charge is 2.23. The van der Waals surface area contributed by atoms with Crippen molar-refractivity contribution in [1.29, 1.82) is 0 Å². The van der Waals surface area contributed by atoms with E-state index >= 15 is 0 Å². The summed E-state index contributed by atoms with van der Waals surface area (Å²) in [6.45, 7) is 3.58. The molecule has 2 rings (SSSR count). The van der Waals surface area contributed by atoms with Gasteiger partial charge in [-0.05, 0) is 18.6 Å². The van der Waals surface area contributed by atoms with Gasteiger partial charge in [0.05, 0.1) is 6.61 Å². The summed E-state index contributed by atoms with van der Waals surface area (Å²) < 4.78 is 10.6. The van der Waals surface area contributed by atoms with E-state index in [1.165, 1.54) is 5.56 Å². The van der Waals surface area contributed by atoms with Gasteiger partial charge in [0, 0.05) is 0 Å². The van der Waals surface area contributed by atoms with Gasteiger partial charge < -0.3 is 9.47 Å². The number of benzene rings is 1. The van der Waals surface area contributed by atoms with Crippen LogP contribution in [0, 0.1) is 6.92 Å². The molecule has 1 aliphatic heterocycles. The van der Waals surface area contributed by atoms with E-state index < -0.39 is 0 Å². The molecule has 12 heavy (non-hydrogen) atoms. The topological polar surface area (TPSA) is 21.8 Å². The van der Waals surface area contributed by atoms with E-state index in [1.54, 1.807) is 0 Å². The van der Waals surface area contributed by atoms with Crippen LogP contribution in [0.5, 0.6) is 5.75 Å². The number of hydrogen-bond donors (Lipinski definition) is 0. The Morgan fingerprint density at radius 3 is 2.92 bits per heavy atom. The monoisotopic (exact) mass is 170 g/mol. The van der Waals surface area contributed by atoms with E-state index in [4.69, 9.17) is 9.47 Å². The van der Waals surface area contributed by atoms with Crippen molar-refractivity contribution in [3.63, 3.8) is 0 Å². The third kappa shape index (κ3) is 1.77. The summed E-state index contributed by atoms with van der Waals surface area (Å²) in [5, 5.41) is 0. The maximum absolute atomic E-state index is 5.54. The summed E-state index contributed by atoms with van der Waals surface area (Å²) in [5.74, 6) is 0.966. The quantitative estimate of drug-likeness (QED) is 0.645. The Morgan fingerprint density at radius 1 is 1.50 bits per heavy atom. The minimum Gasteiger partial charge on any atom is -0.491 e. The Labute approximate surface area is 72.1 Å². The fourth-order valence-corrected chi connectivity index (χ4v) is 1.07. The third-order valence-electron chi connectivity index (χ3n) is 1.92. The molecule has 2 heteroatoms. The molecule has 1 saturated heterocycles. The van der Waals surface area contributed by atoms with Gasteiger partial charge in [0.2, 0.25) is 0 Å². The van der Waals surface area contributed by atoms with E-state index in [0.29, 0.717) is 12.7 Å².